The Morgan fingerprint density at radius 2 is 1.26 bits per heavy atom. The summed E-state index contributed by atoms with van der Waals surface area (Å²) < 4.78 is 28.8. The van der Waals surface area contributed by atoms with Crippen LogP contribution in [0.15, 0.2) is 0 Å². The summed E-state index contributed by atoms with van der Waals surface area (Å²) in [6.45, 7) is 13.8. The van der Waals surface area contributed by atoms with E-state index in [-0.39, 0.29) is 36.5 Å². The van der Waals surface area contributed by atoms with Crippen LogP contribution in [0.25, 0.3) is 0 Å². The smallest absolute Gasteiger partial charge is 0.354 e. The molecule has 35 heavy (non-hydrogen) atoms. The Kier molecular flexibility index (Phi) is 13.2. The molecule has 0 aliphatic heterocycles. The number of hydrogen-bond acceptors (Lipinski definition) is 6. The van der Waals surface area contributed by atoms with Crippen LogP contribution in [0.1, 0.15) is 68.2 Å². The van der Waals surface area contributed by atoms with Crippen molar-refractivity contribution >= 4 is 29.4 Å². The highest BCUT2D eigenvalue weighted by Crippen LogP contribution is 2.21. The zero-order chi connectivity index (χ0) is 27.7. The molecule has 0 saturated carbocycles. The maximum absolute atomic E-state index is 14.4. The normalized spacial score (nSPS) is 14.6. The fourth-order valence-corrected chi connectivity index (χ4v) is 3.41. The van der Waals surface area contributed by atoms with Gasteiger partial charge >= 0.3 is 5.92 Å². The van der Waals surface area contributed by atoms with Crippen LogP contribution in [-0.2, 0) is 24.0 Å². The fourth-order valence-electron chi connectivity index (χ4n) is 3.41. The number of hydrogen-bond donors (Lipinski definition) is 4. The lowest BCUT2D eigenvalue weighted by Gasteiger charge is -2.30. The fraction of sp³-hybridized carbons (Fsp3) is 0.792. The van der Waals surface area contributed by atoms with Gasteiger partial charge in [-0.3, -0.25) is 34.6 Å². The number of halogens is 2. The molecule has 4 amide bonds. The first-order valence-electron chi connectivity index (χ1n) is 12.0. The second kappa shape index (κ2) is 14.2. The SMILES string of the molecule is CNC(=O)C(F)(F)C(=O)C(CC(C)C)NC(C(=O)NC(=O)C(NC(=O)CC(C)C)C(C)C)C(C)C. The summed E-state index contributed by atoms with van der Waals surface area (Å²) in [5.74, 6) is -10.5. The molecule has 3 atom stereocenters. The van der Waals surface area contributed by atoms with Crippen LogP contribution >= 0.6 is 0 Å². The van der Waals surface area contributed by atoms with Crippen molar-refractivity contribution in [3.05, 3.63) is 0 Å². The van der Waals surface area contributed by atoms with Crippen molar-refractivity contribution in [2.24, 2.45) is 23.7 Å². The molecule has 9 nitrogen and oxygen atoms in total. The number of carbonyl (C=O) groups is 5. The number of ketones is 1. The minimum absolute atomic E-state index is 0.0598. The van der Waals surface area contributed by atoms with Crippen molar-refractivity contribution in [1.82, 2.24) is 21.3 Å². The Morgan fingerprint density at radius 3 is 1.66 bits per heavy atom. The van der Waals surface area contributed by atoms with Crippen molar-refractivity contribution in [3.63, 3.8) is 0 Å². The first-order valence-corrected chi connectivity index (χ1v) is 12.0. The van der Waals surface area contributed by atoms with Crippen molar-refractivity contribution in [2.75, 3.05) is 7.05 Å². The number of alkyl halides is 2. The first-order chi connectivity index (χ1) is 15.9. The molecule has 202 valence electrons. The van der Waals surface area contributed by atoms with E-state index in [4.69, 9.17) is 0 Å². The summed E-state index contributed by atoms with van der Waals surface area (Å²) in [6, 6.07) is -3.68. The Balaban J connectivity index is 5.74. The van der Waals surface area contributed by atoms with E-state index in [0.717, 1.165) is 7.05 Å². The molecule has 0 aliphatic rings. The summed E-state index contributed by atoms with van der Waals surface area (Å²) >= 11 is 0. The minimum atomic E-state index is -4.29. The average Bonchev–Trinajstić information content (AvgIpc) is 2.71. The molecule has 0 spiro atoms. The van der Waals surface area contributed by atoms with Crippen molar-refractivity contribution in [3.8, 4) is 0 Å². The highest BCUT2D eigenvalue weighted by atomic mass is 19.3. The predicted molar refractivity (Wildman–Crippen MR) is 128 cm³/mol. The van der Waals surface area contributed by atoms with E-state index >= 15 is 0 Å². The minimum Gasteiger partial charge on any atom is -0.354 e. The molecule has 0 bridgehead atoms. The van der Waals surface area contributed by atoms with Gasteiger partial charge in [0, 0.05) is 13.5 Å². The molecule has 3 unspecified atom stereocenters. The second-order valence-corrected chi connectivity index (χ2v) is 10.3. The molecule has 0 aliphatic carbocycles. The monoisotopic (exact) mass is 504 g/mol. The Hall–Kier alpha value is -2.43. The Morgan fingerprint density at radius 1 is 0.771 bits per heavy atom. The van der Waals surface area contributed by atoms with Gasteiger partial charge in [-0.15, -0.1) is 0 Å². The quantitative estimate of drug-likeness (QED) is 0.267. The molecule has 0 heterocycles. The van der Waals surface area contributed by atoms with E-state index in [9.17, 15) is 32.8 Å². The van der Waals surface area contributed by atoms with Crippen LogP contribution in [0.5, 0.6) is 0 Å². The van der Waals surface area contributed by atoms with Crippen LogP contribution in [-0.4, -0.2) is 60.5 Å². The molecule has 0 aromatic carbocycles. The number of carbonyl (C=O) groups excluding carboxylic acids is 5. The summed E-state index contributed by atoms with van der Waals surface area (Å²) in [4.78, 5) is 62.1. The van der Waals surface area contributed by atoms with Crippen LogP contribution < -0.4 is 21.3 Å². The van der Waals surface area contributed by atoms with Crippen molar-refractivity contribution in [2.45, 2.75) is 92.3 Å². The van der Waals surface area contributed by atoms with E-state index in [2.05, 4.69) is 16.0 Å². The number of nitrogens with one attached hydrogen (secondary N) is 4. The lowest BCUT2D eigenvalue weighted by atomic mass is 9.93. The lowest BCUT2D eigenvalue weighted by Crippen LogP contribution is -2.60. The van der Waals surface area contributed by atoms with Gasteiger partial charge in [0.05, 0.1) is 12.1 Å². The standard InChI is InChI=1S/C24H42F2N4O5/c1-12(2)10-16(20(32)24(25,26)23(35)27-9)28-18(14(5)6)21(33)30-22(34)19(15(7)8)29-17(31)11-13(3)4/h12-16,18-19,28H,10-11H2,1-9H3,(H,27,35)(H,29,31)(H,30,33,34). The van der Waals surface area contributed by atoms with E-state index in [1.165, 1.54) is 0 Å². The highest BCUT2D eigenvalue weighted by Gasteiger charge is 2.50. The predicted octanol–water partition coefficient (Wildman–Crippen LogP) is 1.80. The van der Waals surface area contributed by atoms with Crippen molar-refractivity contribution in [1.29, 1.82) is 0 Å². The topological polar surface area (TPSA) is 133 Å². The number of Topliss-reactive ketones (excluding diaryl/α,β-unsaturated/α-hetero) is 1. The zero-order valence-corrected chi connectivity index (χ0v) is 22.3. The molecule has 0 aromatic heterocycles. The third kappa shape index (κ3) is 10.4. The van der Waals surface area contributed by atoms with Gasteiger partial charge in [0.15, 0.2) is 0 Å². The summed E-state index contributed by atoms with van der Waals surface area (Å²) in [6.07, 6.45) is 0.148. The van der Waals surface area contributed by atoms with Crippen LogP contribution in [0.2, 0.25) is 0 Å². The summed E-state index contributed by atoms with van der Waals surface area (Å²) in [5, 5.41) is 9.28. The second-order valence-electron chi connectivity index (χ2n) is 10.3. The summed E-state index contributed by atoms with van der Waals surface area (Å²) in [7, 11) is 0.996. The maximum Gasteiger partial charge on any atom is 0.383 e. The molecule has 11 heteroatoms. The number of imide groups is 1. The van der Waals surface area contributed by atoms with Crippen LogP contribution in [0.4, 0.5) is 8.78 Å². The van der Waals surface area contributed by atoms with Crippen LogP contribution in [0, 0.1) is 23.7 Å². The van der Waals surface area contributed by atoms with Gasteiger partial charge in [-0.05, 0) is 30.1 Å². The van der Waals surface area contributed by atoms with E-state index < -0.39 is 53.5 Å². The Labute approximate surface area is 206 Å². The van der Waals surface area contributed by atoms with Crippen LogP contribution in [0.3, 0.4) is 0 Å². The van der Waals surface area contributed by atoms with Gasteiger partial charge < -0.3 is 10.6 Å². The molecule has 0 saturated heterocycles. The molecule has 0 fully saturated rings. The molecular weight excluding hydrogens is 462 g/mol. The number of amides is 4. The molecular formula is C24H42F2N4O5. The van der Waals surface area contributed by atoms with E-state index in [1.54, 1.807) is 46.9 Å². The van der Waals surface area contributed by atoms with E-state index in [1.807, 2.05) is 13.8 Å². The maximum atomic E-state index is 14.4. The summed E-state index contributed by atoms with van der Waals surface area (Å²) in [5.41, 5.74) is 0. The lowest BCUT2D eigenvalue weighted by molar-refractivity contribution is -0.159. The number of rotatable bonds is 14. The van der Waals surface area contributed by atoms with Crippen molar-refractivity contribution < 1.29 is 32.8 Å². The molecule has 0 radical (unpaired) electrons. The van der Waals surface area contributed by atoms with E-state index in [0.29, 0.717) is 0 Å². The third-order valence-corrected chi connectivity index (χ3v) is 5.28. The Bertz CT molecular complexity index is 769. The molecule has 4 N–H and O–H groups in total. The molecule has 0 aromatic rings. The highest BCUT2D eigenvalue weighted by molar-refractivity contribution is 6.10. The first kappa shape index (κ1) is 32.6. The van der Waals surface area contributed by atoms with Gasteiger partial charge in [0.1, 0.15) is 6.04 Å². The van der Waals surface area contributed by atoms with Gasteiger partial charge in [0.25, 0.3) is 5.91 Å². The largest absolute Gasteiger partial charge is 0.383 e. The molecule has 0 rings (SSSR count). The van der Waals surface area contributed by atoms with Gasteiger partial charge in [-0.1, -0.05) is 55.4 Å². The average molecular weight is 505 g/mol. The van der Waals surface area contributed by atoms with Gasteiger partial charge in [-0.2, -0.15) is 8.78 Å². The van der Waals surface area contributed by atoms with Gasteiger partial charge in [0.2, 0.25) is 23.5 Å². The zero-order valence-electron chi connectivity index (χ0n) is 22.3. The van der Waals surface area contributed by atoms with Gasteiger partial charge in [-0.25, -0.2) is 0 Å². The third-order valence-electron chi connectivity index (χ3n) is 5.28.